The molecule has 0 bridgehead atoms. The Kier molecular flexibility index (Phi) is 3.43. The first-order valence-corrected chi connectivity index (χ1v) is 6.79. The van der Waals surface area contributed by atoms with Gasteiger partial charge in [0.1, 0.15) is 0 Å². The Morgan fingerprint density at radius 3 is 2.81 bits per heavy atom. The fraction of sp³-hybridized carbons (Fsp3) is 0.267. The maximum absolute atomic E-state index is 12.2. The van der Waals surface area contributed by atoms with E-state index in [4.69, 9.17) is 5.11 Å². The predicted octanol–water partition coefficient (Wildman–Crippen LogP) is 1.40. The maximum Gasteiger partial charge on any atom is 0.354 e. The van der Waals surface area contributed by atoms with Crippen LogP contribution < -0.4 is 5.32 Å². The monoisotopic (exact) mass is 285 g/mol. The number of rotatable bonds is 3. The molecule has 21 heavy (non-hydrogen) atoms. The lowest BCUT2D eigenvalue weighted by Crippen LogP contribution is -2.39. The second-order valence-corrected chi connectivity index (χ2v) is 5.11. The SMILES string of the molecule is O=C(NC1CCc2ccccc2C1)c1nc[nH]c1C(=O)O. The van der Waals surface area contributed by atoms with Crippen molar-refractivity contribution in [2.24, 2.45) is 0 Å². The number of carboxylic acids is 1. The van der Waals surface area contributed by atoms with E-state index in [1.54, 1.807) is 0 Å². The summed E-state index contributed by atoms with van der Waals surface area (Å²) in [6.07, 6.45) is 3.73. The van der Waals surface area contributed by atoms with Crippen LogP contribution >= 0.6 is 0 Å². The number of aromatic carboxylic acids is 1. The molecular formula is C15H15N3O3. The summed E-state index contributed by atoms with van der Waals surface area (Å²) >= 11 is 0. The molecule has 1 amide bonds. The van der Waals surface area contributed by atoms with Crippen molar-refractivity contribution in [2.75, 3.05) is 0 Å². The summed E-state index contributed by atoms with van der Waals surface area (Å²) in [7, 11) is 0. The Hall–Kier alpha value is -2.63. The molecule has 1 aromatic carbocycles. The van der Waals surface area contributed by atoms with Crippen molar-refractivity contribution in [1.29, 1.82) is 0 Å². The zero-order chi connectivity index (χ0) is 14.8. The third-order valence-electron chi connectivity index (χ3n) is 3.75. The number of amides is 1. The first-order valence-electron chi connectivity index (χ1n) is 6.79. The molecule has 1 aliphatic rings. The summed E-state index contributed by atoms with van der Waals surface area (Å²) in [5.74, 6) is -1.63. The van der Waals surface area contributed by atoms with Gasteiger partial charge in [0, 0.05) is 6.04 Å². The number of carbonyl (C=O) groups excluding carboxylic acids is 1. The molecule has 6 heteroatoms. The number of imidazole rings is 1. The molecule has 1 atom stereocenters. The van der Waals surface area contributed by atoms with E-state index in [0.29, 0.717) is 0 Å². The van der Waals surface area contributed by atoms with Crippen molar-refractivity contribution >= 4 is 11.9 Å². The van der Waals surface area contributed by atoms with Crippen LogP contribution in [0, 0.1) is 0 Å². The van der Waals surface area contributed by atoms with Crippen LogP contribution in [0.1, 0.15) is 38.5 Å². The normalized spacial score (nSPS) is 17.0. The number of fused-ring (bicyclic) bond motifs is 1. The van der Waals surface area contributed by atoms with E-state index >= 15 is 0 Å². The van der Waals surface area contributed by atoms with Gasteiger partial charge in [-0.25, -0.2) is 9.78 Å². The zero-order valence-electron chi connectivity index (χ0n) is 11.3. The first-order chi connectivity index (χ1) is 10.1. The van der Waals surface area contributed by atoms with E-state index in [1.807, 2.05) is 12.1 Å². The number of carbonyl (C=O) groups is 2. The van der Waals surface area contributed by atoms with Crippen LogP contribution in [0.15, 0.2) is 30.6 Å². The van der Waals surface area contributed by atoms with E-state index < -0.39 is 11.9 Å². The number of carboxylic acid groups (broad SMARTS) is 1. The molecule has 6 nitrogen and oxygen atoms in total. The summed E-state index contributed by atoms with van der Waals surface area (Å²) in [6, 6.07) is 8.17. The van der Waals surface area contributed by atoms with E-state index in [1.165, 1.54) is 17.5 Å². The second-order valence-electron chi connectivity index (χ2n) is 5.11. The van der Waals surface area contributed by atoms with Gasteiger partial charge in [-0.2, -0.15) is 0 Å². The highest BCUT2D eigenvalue weighted by molar-refractivity contribution is 6.02. The van der Waals surface area contributed by atoms with Crippen molar-refractivity contribution in [3.63, 3.8) is 0 Å². The lowest BCUT2D eigenvalue weighted by Gasteiger charge is -2.25. The molecule has 1 aromatic heterocycles. The van der Waals surface area contributed by atoms with Gasteiger partial charge < -0.3 is 15.4 Å². The van der Waals surface area contributed by atoms with Gasteiger partial charge in [-0.3, -0.25) is 4.79 Å². The minimum absolute atomic E-state index is 0.00532. The van der Waals surface area contributed by atoms with Crippen LogP contribution in [0.5, 0.6) is 0 Å². The van der Waals surface area contributed by atoms with Crippen LogP contribution in [-0.4, -0.2) is 33.0 Å². The number of H-pyrrole nitrogens is 1. The van der Waals surface area contributed by atoms with Gasteiger partial charge in [0.25, 0.3) is 5.91 Å². The van der Waals surface area contributed by atoms with Crippen LogP contribution in [0.3, 0.4) is 0 Å². The molecule has 3 rings (SSSR count). The number of hydrogen-bond acceptors (Lipinski definition) is 3. The van der Waals surface area contributed by atoms with Crippen molar-refractivity contribution in [2.45, 2.75) is 25.3 Å². The highest BCUT2D eigenvalue weighted by Gasteiger charge is 2.24. The number of benzene rings is 1. The maximum atomic E-state index is 12.2. The summed E-state index contributed by atoms with van der Waals surface area (Å²) in [4.78, 5) is 29.4. The van der Waals surface area contributed by atoms with Crippen molar-refractivity contribution in [3.05, 3.63) is 53.1 Å². The summed E-state index contributed by atoms with van der Waals surface area (Å²) < 4.78 is 0. The van der Waals surface area contributed by atoms with Gasteiger partial charge in [0.2, 0.25) is 0 Å². The largest absolute Gasteiger partial charge is 0.477 e. The highest BCUT2D eigenvalue weighted by atomic mass is 16.4. The number of nitrogens with one attached hydrogen (secondary N) is 2. The molecule has 108 valence electrons. The number of aromatic nitrogens is 2. The second kappa shape index (κ2) is 5.40. The molecular weight excluding hydrogens is 270 g/mol. The van der Waals surface area contributed by atoms with Gasteiger partial charge >= 0.3 is 5.97 Å². The lowest BCUT2D eigenvalue weighted by molar-refractivity contribution is 0.0684. The zero-order valence-corrected chi connectivity index (χ0v) is 11.3. The highest BCUT2D eigenvalue weighted by Crippen LogP contribution is 2.21. The molecule has 0 fully saturated rings. The fourth-order valence-corrected chi connectivity index (χ4v) is 2.70. The van der Waals surface area contributed by atoms with Crippen molar-refractivity contribution < 1.29 is 14.7 Å². The fourth-order valence-electron chi connectivity index (χ4n) is 2.70. The minimum atomic E-state index is -1.19. The van der Waals surface area contributed by atoms with Gasteiger partial charge in [-0.05, 0) is 30.4 Å². The Balaban J connectivity index is 1.72. The van der Waals surface area contributed by atoms with Crippen molar-refractivity contribution in [3.8, 4) is 0 Å². The lowest BCUT2D eigenvalue weighted by atomic mass is 9.88. The predicted molar refractivity (Wildman–Crippen MR) is 75.3 cm³/mol. The quantitative estimate of drug-likeness (QED) is 0.794. The van der Waals surface area contributed by atoms with E-state index in [9.17, 15) is 9.59 Å². The minimum Gasteiger partial charge on any atom is -0.477 e. The summed E-state index contributed by atoms with van der Waals surface area (Å²) in [5, 5.41) is 11.9. The molecule has 1 heterocycles. The molecule has 0 saturated carbocycles. The molecule has 0 radical (unpaired) electrons. The molecule has 2 aromatic rings. The number of aryl methyl sites for hydroxylation is 1. The third-order valence-corrected chi connectivity index (χ3v) is 3.75. The number of aromatic amines is 1. The molecule has 3 N–H and O–H groups in total. The van der Waals surface area contributed by atoms with Gasteiger partial charge in [0.05, 0.1) is 6.33 Å². The van der Waals surface area contributed by atoms with Crippen LogP contribution in [-0.2, 0) is 12.8 Å². The molecule has 0 spiro atoms. The number of hydrogen-bond donors (Lipinski definition) is 3. The Morgan fingerprint density at radius 2 is 2.05 bits per heavy atom. The average Bonchev–Trinajstić information content (AvgIpc) is 2.97. The Morgan fingerprint density at radius 1 is 1.29 bits per heavy atom. The van der Waals surface area contributed by atoms with E-state index in [0.717, 1.165) is 19.3 Å². The van der Waals surface area contributed by atoms with E-state index in [-0.39, 0.29) is 17.4 Å². The summed E-state index contributed by atoms with van der Waals surface area (Å²) in [5.41, 5.74) is 2.30. The summed E-state index contributed by atoms with van der Waals surface area (Å²) in [6.45, 7) is 0. The molecule has 1 aliphatic carbocycles. The van der Waals surface area contributed by atoms with E-state index in [2.05, 4.69) is 27.4 Å². The van der Waals surface area contributed by atoms with Crippen LogP contribution in [0.25, 0.3) is 0 Å². The molecule has 0 aliphatic heterocycles. The topological polar surface area (TPSA) is 95.1 Å². The Bertz CT molecular complexity index is 693. The molecule has 0 saturated heterocycles. The van der Waals surface area contributed by atoms with Crippen molar-refractivity contribution in [1.82, 2.24) is 15.3 Å². The average molecular weight is 285 g/mol. The van der Waals surface area contributed by atoms with Crippen LogP contribution in [0.2, 0.25) is 0 Å². The standard InChI is InChI=1S/C15H15N3O3/c19-14(12-13(15(20)21)17-8-16-12)18-11-6-5-9-3-1-2-4-10(9)7-11/h1-4,8,11H,5-7H2,(H,16,17)(H,18,19)(H,20,21). The first kappa shape index (κ1) is 13.4. The van der Waals surface area contributed by atoms with Gasteiger partial charge in [-0.15, -0.1) is 0 Å². The smallest absolute Gasteiger partial charge is 0.354 e. The molecule has 1 unspecified atom stereocenters. The van der Waals surface area contributed by atoms with Crippen LogP contribution in [0.4, 0.5) is 0 Å². The van der Waals surface area contributed by atoms with Gasteiger partial charge in [-0.1, -0.05) is 24.3 Å². The third kappa shape index (κ3) is 2.65. The number of nitrogens with zero attached hydrogens (tertiary/aromatic N) is 1. The Labute approximate surface area is 121 Å². The van der Waals surface area contributed by atoms with Gasteiger partial charge in [0.15, 0.2) is 11.4 Å².